The molecule has 1 saturated heterocycles. The Balaban J connectivity index is 2.17. The van der Waals surface area contributed by atoms with Gasteiger partial charge in [-0.05, 0) is 39.5 Å². The van der Waals surface area contributed by atoms with Crippen molar-refractivity contribution in [2.45, 2.75) is 57.0 Å². The second kappa shape index (κ2) is 4.01. The molecule has 110 valence electrons. The Hall–Kier alpha value is -0.980. The van der Waals surface area contributed by atoms with Gasteiger partial charge in [0.2, 0.25) is 0 Å². The summed E-state index contributed by atoms with van der Waals surface area (Å²) in [6, 6.07) is -1.23. The number of carbonyl (C=O) groups excluding carboxylic acids is 1. The molecule has 1 N–H and O–H groups in total. The molecule has 1 saturated carbocycles. The molecule has 0 aromatic rings. The summed E-state index contributed by atoms with van der Waals surface area (Å²) in [7, 11) is 0. The van der Waals surface area contributed by atoms with Gasteiger partial charge < -0.3 is 14.7 Å². The lowest BCUT2D eigenvalue weighted by molar-refractivity contribution is -0.277. The van der Waals surface area contributed by atoms with Crippen LogP contribution >= 0.6 is 0 Å². The summed E-state index contributed by atoms with van der Waals surface area (Å²) in [4.78, 5) is 12.9. The fourth-order valence-electron chi connectivity index (χ4n) is 2.93. The molecule has 2 aliphatic rings. The van der Waals surface area contributed by atoms with Gasteiger partial charge in [0.15, 0.2) is 5.60 Å². The molecule has 4 nitrogen and oxygen atoms in total. The fraction of sp³-hybridized carbons (Fsp3) is 0.917. The minimum Gasteiger partial charge on any atom is -0.444 e. The van der Waals surface area contributed by atoms with E-state index < -0.39 is 29.5 Å². The molecule has 0 spiro atoms. The summed E-state index contributed by atoms with van der Waals surface area (Å²) in [5, 5.41) is 9.86. The molecule has 2 bridgehead atoms. The zero-order valence-electron chi connectivity index (χ0n) is 11.1. The maximum atomic E-state index is 12.9. The topological polar surface area (TPSA) is 49.8 Å². The highest BCUT2D eigenvalue weighted by Crippen LogP contribution is 2.52. The van der Waals surface area contributed by atoms with Crippen LogP contribution in [-0.2, 0) is 4.74 Å². The van der Waals surface area contributed by atoms with E-state index in [0.717, 1.165) is 4.90 Å². The molecule has 0 aromatic heterocycles. The largest absolute Gasteiger partial charge is 0.444 e. The molecular weight excluding hydrogens is 263 g/mol. The van der Waals surface area contributed by atoms with E-state index in [4.69, 9.17) is 4.74 Å². The highest BCUT2D eigenvalue weighted by atomic mass is 19.4. The van der Waals surface area contributed by atoms with Crippen LogP contribution in [0.4, 0.5) is 18.0 Å². The molecule has 19 heavy (non-hydrogen) atoms. The van der Waals surface area contributed by atoms with Crippen LogP contribution in [0.25, 0.3) is 0 Å². The highest BCUT2D eigenvalue weighted by molar-refractivity contribution is 5.69. The van der Waals surface area contributed by atoms with E-state index in [1.54, 1.807) is 20.8 Å². The molecule has 2 fully saturated rings. The van der Waals surface area contributed by atoms with Crippen molar-refractivity contribution in [1.82, 2.24) is 4.90 Å². The van der Waals surface area contributed by atoms with E-state index in [9.17, 15) is 23.1 Å². The van der Waals surface area contributed by atoms with Crippen LogP contribution in [0.3, 0.4) is 0 Å². The third-order valence-corrected chi connectivity index (χ3v) is 3.66. The molecule has 0 aromatic carbocycles. The molecule has 2 rings (SSSR count). The minimum atomic E-state index is -4.73. The Morgan fingerprint density at radius 2 is 1.95 bits per heavy atom. The summed E-state index contributed by atoms with van der Waals surface area (Å²) < 4.78 is 43.9. The van der Waals surface area contributed by atoms with Crippen molar-refractivity contribution in [3.63, 3.8) is 0 Å². The Labute approximate surface area is 109 Å². The fourth-order valence-corrected chi connectivity index (χ4v) is 2.93. The van der Waals surface area contributed by atoms with Crippen LogP contribution in [0.1, 0.15) is 33.6 Å². The Kier molecular flexibility index (Phi) is 3.04. The third kappa shape index (κ3) is 2.40. The van der Waals surface area contributed by atoms with Gasteiger partial charge >= 0.3 is 12.3 Å². The van der Waals surface area contributed by atoms with Crippen LogP contribution in [-0.4, -0.2) is 46.1 Å². The van der Waals surface area contributed by atoms with Gasteiger partial charge in [0.25, 0.3) is 0 Å². The molecule has 0 unspecified atom stereocenters. The Morgan fingerprint density at radius 1 is 1.37 bits per heavy atom. The lowest BCUT2D eigenvalue weighted by atomic mass is 9.92. The third-order valence-electron chi connectivity index (χ3n) is 3.66. The molecule has 7 heteroatoms. The first-order valence-electron chi connectivity index (χ1n) is 6.23. The first-order valence-corrected chi connectivity index (χ1v) is 6.23. The maximum absolute atomic E-state index is 12.9. The number of hydrogen-bond donors (Lipinski definition) is 1. The zero-order chi connectivity index (χ0) is 14.6. The van der Waals surface area contributed by atoms with Gasteiger partial charge in [0.1, 0.15) is 5.60 Å². The molecule has 1 aliphatic carbocycles. The van der Waals surface area contributed by atoms with E-state index in [1.807, 2.05) is 0 Å². The number of alkyl halides is 3. The van der Waals surface area contributed by atoms with Gasteiger partial charge in [0.05, 0.1) is 6.04 Å². The predicted octanol–water partition coefficient (Wildman–Crippen LogP) is 2.31. The highest BCUT2D eigenvalue weighted by Gasteiger charge is 2.68. The van der Waals surface area contributed by atoms with Crippen LogP contribution in [0.5, 0.6) is 0 Å². The SMILES string of the molecule is CC(C)(C)OC(=O)N1C[C@H]2C[C@H]1[C@@](O)(C(F)(F)F)C2. The van der Waals surface area contributed by atoms with E-state index in [1.165, 1.54) is 0 Å². The van der Waals surface area contributed by atoms with Crippen molar-refractivity contribution >= 4 is 6.09 Å². The summed E-state index contributed by atoms with van der Waals surface area (Å²) in [6.45, 7) is 5.16. The van der Waals surface area contributed by atoms with Crippen LogP contribution in [0, 0.1) is 5.92 Å². The van der Waals surface area contributed by atoms with Crippen molar-refractivity contribution in [2.75, 3.05) is 6.54 Å². The summed E-state index contributed by atoms with van der Waals surface area (Å²) in [6.07, 6.45) is -5.68. The number of likely N-dealkylation sites (tertiary alicyclic amines) is 1. The maximum Gasteiger partial charge on any atom is 0.419 e. The number of fused-ring (bicyclic) bond motifs is 2. The molecule has 0 radical (unpaired) electrons. The average molecular weight is 281 g/mol. The van der Waals surface area contributed by atoms with Crippen molar-refractivity contribution in [3.8, 4) is 0 Å². The number of piperidine rings is 1. The smallest absolute Gasteiger partial charge is 0.419 e. The molecule has 3 atom stereocenters. The second-order valence-corrected chi connectivity index (χ2v) is 6.38. The normalized spacial score (nSPS) is 34.8. The number of ether oxygens (including phenoxy) is 1. The van der Waals surface area contributed by atoms with Crippen LogP contribution < -0.4 is 0 Å². The standard InChI is InChI=1S/C12H18F3NO3/c1-10(2,3)19-9(17)16-6-7-4-8(16)11(18,5-7)12(13,14)15/h7-8,18H,4-6H2,1-3H3/t7-,8-,11+/m0/s1. The number of carbonyl (C=O) groups is 1. The van der Waals surface area contributed by atoms with Gasteiger partial charge in [-0.1, -0.05) is 0 Å². The predicted molar refractivity (Wildman–Crippen MR) is 60.5 cm³/mol. The van der Waals surface area contributed by atoms with Gasteiger partial charge in [0, 0.05) is 6.54 Å². The monoisotopic (exact) mass is 281 g/mol. The number of amides is 1. The quantitative estimate of drug-likeness (QED) is 0.741. The van der Waals surface area contributed by atoms with Gasteiger partial charge in [-0.3, -0.25) is 0 Å². The second-order valence-electron chi connectivity index (χ2n) is 6.38. The first kappa shape index (κ1) is 14.4. The van der Waals surface area contributed by atoms with Crippen molar-refractivity contribution in [1.29, 1.82) is 0 Å². The Bertz CT molecular complexity index is 391. The van der Waals surface area contributed by atoms with Crippen molar-refractivity contribution in [3.05, 3.63) is 0 Å². The summed E-state index contributed by atoms with van der Waals surface area (Å²) >= 11 is 0. The number of hydrogen-bond acceptors (Lipinski definition) is 3. The van der Waals surface area contributed by atoms with Crippen LogP contribution in [0.2, 0.25) is 0 Å². The number of rotatable bonds is 0. The van der Waals surface area contributed by atoms with Crippen molar-refractivity contribution < 1.29 is 27.8 Å². The van der Waals surface area contributed by atoms with Gasteiger partial charge in [-0.15, -0.1) is 0 Å². The van der Waals surface area contributed by atoms with Crippen LogP contribution in [0.15, 0.2) is 0 Å². The average Bonchev–Trinajstić information content (AvgIpc) is 2.70. The van der Waals surface area contributed by atoms with E-state index in [-0.39, 0.29) is 25.3 Å². The van der Waals surface area contributed by atoms with Gasteiger partial charge in [-0.2, -0.15) is 13.2 Å². The van der Waals surface area contributed by atoms with Crippen molar-refractivity contribution in [2.24, 2.45) is 5.92 Å². The first-order chi connectivity index (χ1) is 8.44. The summed E-state index contributed by atoms with van der Waals surface area (Å²) in [5.41, 5.74) is -3.57. The lowest BCUT2D eigenvalue weighted by Gasteiger charge is -2.40. The molecule has 1 aliphatic heterocycles. The van der Waals surface area contributed by atoms with E-state index in [0.29, 0.717) is 0 Å². The zero-order valence-corrected chi connectivity index (χ0v) is 11.1. The Morgan fingerprint density at radius 3 is 2.37 bits per heavy atom. The number of halogens is 3. The number of nitrogens with zero attached hydrogens (tertiary/aromatic N) is 1. The van der Waals surface area contributed by atoms with E-state index >= 15 is 0 Å². The molecule has 1 amide bonds. The summed E-state index contributed by atoms with van der Waals surface area (Å²) in [5.74, 6) is -0.316. The van der Waals surface area contributed by atoms with E-state index in [2.05, 4.69) is 0 Å². The number of aliphatic hydroxyl groups is 1. The minimum absolute atomic E-state index is 0.176. The molecule has 1 heterocycles. The molecular formula is C12H18F3NO3. The lowest BCUT2D eigenvalue weighted by Crippen LogP contribution is -2.60. The van der Waals surface area contributed by atoms with Gasteiger partial charge in [-0.25, -0.2) is 4.79 Å².